The zero-order chi connectivity index (χ0) is 19.9. The first-order chi connectivity index (χ1) is 13.6. The molecule has 0 fully saturated rings. The fraction of sp³-hybridized carbons (Fsp3) is 0.300. The molecule has 3 aromatic heterocycles. The average molecular weight is 377 g/mol. The molecular formula is C20H23N7O. The lowest BCUT2D eigenvalue weighted by Crippen LogP contribution is -2.14. The fourth-order valence-corrected chi connectivity index (χ4v) is 2.60. The van der Waals surface area contributed by atoms with Crippen molar-refractivity contribution in [2.24, 2.45) is 0 Å². The van der Waals surface area contributed by atoms with E-state index in [9.17, 15) is 5.26 Å². The van der Waals surface area contributed by atoms with E-state index in [4.69, 9.17) is 4.74 Å². The minimum atomic E-state index is 0.357. The van der Waals surface area contributed by atoms with Crippen LogP contribution in [0.3, 0.4) is 0 Å². The lowest BCUT2D eigenvalue weighted by atomic mass is 10.1. The molecule has 0 bridgehead atoms. The number of aryl methyl sites for hydroxylation is 1. The number of pyridine rings is 2. The zero-order valence-electron chi connectivity index (χ0n) is 16.2. The van der Waals surface area contributed by atoms with Crippen molar-refractivity contribution in [3.8, 4) is 11.8 Å². The van der Waals surface area contributed by atoms with Gasteiger partial charge in [-0.2, -0.15) is 10.4 Å². The van der Waals surface area contributed by atoms with Crippen molar-refractivity contribution in [2.75, 3.05) is 23.8 Å². The lowest BCUT2D eigenvalue weighted by Gasteiger charge is -2.12. The Hall–Kier alpha value is -3.60. The van der Waals surface area contributed by atoms with Crippen molar-refractivity contribution in [2.45, 2.75) is 26.7 Å². The number of nitriles is 1. The van der Waals surface area contributed by atoms with Gasteiger partial charge in [0.05, 0.1) is 18.3 Å². The van der Waals surface area contributed by atoms with E-state index in [0.29, 0.717) is 47.8 Å². The first-order valence-corrected chi connectivity index (χ1v) is 9.07. The molecule has 28 heavy (non-hydrogen) atoms. The van der Waals surface area contributed by atoms with Gasteiger partial charge in [-0.15, -0.1) is 0 Å². The smallest absolute Gasteiger partial charge is 0.153 e. The third-order valence-corrected chi connectivity index (χ3v) is 4.10. The van der Waals surface area contributed by atoms with Gasteiger partial charge in [-0.3, -0.25) is 10.1 Å². The van der Waals surface area contributed by atoms with Gasteiger partial charge < -0.3 is 15.4 Å². The van der Waals surface area contributed by atoms with Crippen molar-refractivity contribution in [1.82, 2.24) is 20.2 Å². The molecule has 0 aliphatic rings. The van der Waals surface area contributed by atoms with Crippen LogP contribution in [0.25, 0.3) is 0 Å². The predicted octanol–water partition coefficient (Wildman–Crippen LogP) is 3.74. The minimum absolute atomic E-state index is 0.357. The summed E-state index contributed by atoms with van der Waals surface area (Å²) in [7, 11) is 0. The maximum absolute atomic E-state index is 9.47. The number of aromatic amines is 1. The summed E-state index contributed by atoms with van der Waals surface area (Å²) >= 11 is 0. The summed E-state index contributed by atoms with van der Waals surface area (Å²) < 4.78 is 5.62. The van der Waals surface area contributed by atoms with Gasteiger partial charge in [0.15, 0.2) is 5.82 Å². The van der Waals surface area contributed by atoms with E-state index in [2.05, 4.69) is 50.7 Å². The second kappa shape index (κ2) is 8.86. The Bertz CT molecular complexity index is 960. The quantitative estimate of drug-likeness (QED) is 0.513. The van der Waals surface area contributed by atoms with Gasteiger partial charge in [0, 0.05) is 18.0 Å². The van der Waals surface area contributed by atoms with Crippen LogP contribution in [-0.2, 0) is 0 Å². The Kier molecular flexibility index (Phi) is 6.07. The van der Waals surface area contributed by atoms with Crippen LogP contribution in [0.15, 0.2) is 36.7 Å². The SMILES string of the molecule is Cc1cc(Nc2cc(C(C)C)[nH]n2)nc(NCCOc2cccnc2)c1C#N. The minimum Gasteiger partial charge on any atom is -0.490 e. The number of anilines is 3. The van der Waals surface area contributed by atoms with Crippen LogP contribution in [0.2, 0.25) is 0 Å². The monoisotopic (exact) mass is 377 g/mol. The molecule has 0 amide bonds. The normalized spacial score (nSPS) is 10.5. The van der Waals surface area contributed by atoms with E-state index in [-0.39, 0.29) is 0 Å². The van der Waals surface area contributed by atoms with Crippen molar-refractivity contribution < 1.29 is 4.74 Å². The van der Waals surface area contributed by atoms with Crippen molar-refractivity contribution >= 4 is 17.5 Å². The number of rotatable bonds is 8. The molecule has 0 saturated heterocycles. The van der Waals surface area contributed by atoms with E-state index in [1.165, 1.54) is 0 Å². The van der Waals surface area contributed by atoms with E-state index < -0.39 is 0 Å². The van der Waals surface area contributed by atoms with Crippen LogP contribution < -0.4 is 15.4 Å². The van der Waals surface area contributed by atoms with E-state index in [1.807, 2.05) is 31.2 Å². The van der Waals surface area contributed by atoms with Crippen LogP contribution in [0.5, 0.6) is 5.75 Å². The highest BCUT2D eigenvalue weighted by atomic mass is 16.5. The molecule has 3 rings (SSSR count). The standard InChI is InChI=1S/C20H23N7O/c1-13(2)17-10-19(27-26-17)24-18-9-14(3)16(11-21)20(25-18)23-7-8-28-15-5-4-6-22-12-15/h4-6,9-10,12-13H,7-8H2,1-3H3,(H3,23,24,25,26,27). The van der Waals surface area contributed by atoms with Gasteiger partial charge in [0.25, 0.3) is 0 Å². The number of hydrogen-bond donors (Lipinski definition) is 3. The van der Waals surface area contributed by atoms with Gasteiger partial charge in [0.1, 0.15) is 30.1 Å². The van der Waals surface area contributed by atoms with Crippen LogP contribution >= 0.6 is 0 Å². The van der Waals surface area contributed by atoms with Gasteiger partial charge in [-0.05, 0) is 36.6 Å². The molecule has 0 aliphatic heterocycles. The number of aromatic nitrogens is 4. The molecular weight excluding hydrogens is 354 g/mol. The summed E-state index contributed by atoms with van der Waals surface area (Å²) in [5.41, 5.74) is 2.38. The highest BCUT2D eigenvalue weighted by Crippen LogP contribution is 2.23. The molecule has 144 valence electrons. The molecule has 8 nitrogen and oxygen atoms in total. The average Bonchev–Trinajstić information content (AvgIpc) is 3.15. The molecule has 0 radical (unpaired) electrons. The second-order valence-electron chi connectivity index (χ2n) is 6.61. The summed E-state index contributed by atoms with van der Waals surface area (Å²) in [6, 6.07) is 9.65. The first-order valence-electron chi connectivity index (χ1n) is 9.07. The summed E-state index contributed by atoms with van der Waals surface area (Å²) in [6.07, 6.45) is 3.35. The molecule has 3 aromatic rings. The van der Waals surface area contributed by atoms with Gasteiger partial charge in [0.2, 0.25) is 0 Å². The topological polar surface area (TPSA) is 112 Å². The molecule has 0 aromatic carbocycles. The number of hydrogen-bond acceptors (Lipinski definition) is 7. The molecule has 0 atom stereocenters. The zero-order valence-corrected chi connectivity index (χ0v) is 16.2. The number of H-pyrrole nitrogens is 1. The van der Waals surface area contributed by atoms with Crippen LogP contribution in [0, 0.1) is 18.3 Å². The third kappa shape index (κ3) is 4.76. The van der Waals surface area contributed by atoms with Crippen LogP contribution in [0.4, 0.5) is 17.5 Å². The largest absolute Gasteiger partial charge is 0.490 e. The second-order valence-corrected chi connectivity index (χ2v) is 6.61. The number of nitrogens with one attached hydrogen (secondary N) is 3. The number of nitrogens with zero attached hydrogens (tertiary/aromatic N) is 4. The summed E-state index contributed by atoms with van der Waals surface area (Å²) in [4.78, 5) is 8.54. The van der Waals surface area contributed by atoms with Gasteiger partial charge >= 0.3 is 0 Å². The molecule has 3 heterocycles. The predicted molar refractivity (Wildman–Crippen MR) is 108 cm³/mol. The molecule has 3 N–H and O–H groups in total. The highest BCUT2D eigenvalue weighted by Gasteiger charge is 2.11. The molecule has 0 saturated carbocycles. The Morgan fingerprint density at radius 3 is 2.82 bits per heavy atom. The van der Waals surface area contributed by atoms with Crippen molar-refractivity contribution in [3.63, 3.8) is 0 Å². The summed E-state index contributed by atoms with van der Waals surface area (Å²) in [5, 5.41) is 23.1. The lowest BCUT2D eigenvalue weighted by molar-refractivity contribution is 0.331. The highest BCUT2D eigenvalue weighted by molar-refractivity contribution is 5.63. The molecule has 0 unspecified atom stereocenters. The van der Waals surface area contributed by atoms with Crippen molar-refractivity contribution in [3.05, 3.63) is 53.5 Å². The third-order valence-electron chi connectivity index (χ3n) is 4.10. The van der Waals surface area contributed by atoms with Gasteiger partial charge in [-0.1, -0.05) is 13.8 Å². The summed E-state index contributed by atoms with van der Waals surface area (Å²) in [5.74, 6) is 2.87. The summed E-state index contributed by atoms with van der Waals surface area (Å²) in [6.45, 7) is 6.99. The molecule has 0 aliphatic carbocycles. The first kappa shape index (κ1) is 19.2. The Labute approximate surface area is 164 Å². The number of ether oxygens (including phenoxy) is 1. The van der Waals surface area contributed by atoms with Crippen molar-refractivity contribution in [1.29, 1.82) is 5.26 Å². The van der Waals surface area contributed by atoms with Gasteiger partial charge in [-0.25, -0.2) is 4.98 Å². The van der Waals surface area contributed by atoms with E-state index >= 15 is 0 Å². The maximum Gasteiger partial charge on any atom is 0.153 e. The molecule has 8 heteroatoms. The Balaban J connectivity index is 1.68. The maximum atomic E-state index is 9.47. The Morgan fingerprint density at radius 2 is 2.14 bits per heavy atom. The Morgan fingerprint density at radius 1 is 1.29 bits per heavy atom. The van der Waals surface area contributed by atoms with Crippen LogP contribution in [0.1, 0.15) is 36.6 Å². The molecule has 0 spiro atoms. The van der Waals surface area contributed by atoms with E-state index in [1.54, 1.807) is 12.4 Å². The van der Waals surface area contributed by atoms with Crippen LogP contribution in [-0.4, -0.2) is 33.3 Å². The fourth-order valence-electron chi connectivity index (χ4n) is 2.60. The van der Waals surface area contributed by atoms with E-state index in [0.717, 1.165) is 11.3 Å².